The van der Waals surface area contributed by atoms with Gasteiger partial charge in [0.25, 0.3) is 5.91 Å². The van der Waals surface area contributed by atoms with Gasteiger partial charge in [-0.3, -0.25) is 9.36 Å². The molecule has 0 aliphatic carbocycles. The third kappa shape index (κ3) is 8.19. The lowest BCUT2D eigenvalue weighted by molar-refractivity contribution is -0.118. The van der Waals surface area contributed by atoms with Crippen LogP contribution in [0.3, 0.4) is 0 Å². The zero-order valence-corrected chi connectivity index (χ0v) is 27.0. The molecule has 0 radical (unpaired) electrons. The Morgan fingerprint density at radius 2 is 1.67 bits per heavy atom. The molecule has 0 saturated heterocycles. The number of rotatable bonds is 11. The summed E-state index contributed by atoms with van der Waals surface area (Å²) in [5.41, 5.74) is 8.74. The van der Waals surface area contributed by atoms with Gasteiger partial charge in [0.1, 0.15) is 6.61 Å². The Balaban J connectivity index is 1.24. The largest absolute Gasteiger partial charge is 0.493 e. The number of carbonyl (C=O) groups is 1. The monoisotopic (exact) mass is 619 g/mol. The Labute approximate surface area is 268 Å². The SMILES string of the molecule is COc1cc(C=NNC(=O)CSc2nnc(-c3ccc(C(C)(C)C)cc3)n2-c2ccc(C)cc2)ccc1OCc1ccccc1. The first-order chi connectivity index (χ1) is 21.7. The van der Waals surface area contributed by atoms with Crippen LogP contribution >= 0.6 is 11.8 Å². The minimum absolute atomic E-state index is 0.0481. The average molecular weight is 620 g/mol. The third-order valence-corrected chi connectivity index (χ3v) is 8.02. The summed E-state index contributed by atoms with van der Waals surface area (Å²) in [4.78, 5) is 12.8. The van der Waals surface area contributed by atoms with Gasteiger partial charge in [-0.15, -0.1) is 10.2 Å². The number of amides is 1. The summed E-state index contributed by atoms with van der Waals surface area (Å²) in [5.74, 6) is 1.77. The average Bonchev–Trinajstić information content (AvgIpc) is 3.47. The first kappa shape index (κ1) is 31.5. The molecular formula is C36H37N5O3S. The zero-order chi connectivity index (χ0) is 31.8. The predicted octanol–water partition coefficient (Wildman–Crippen LogP) is 7.37. The number of aromatic nitrogens is 3. The van der Waals surface area contributed by atoms with Crippen molar-refractivity contribution in [3.63, 3.8) is 0 Å². The van der Waals surface area contributed by atoms with Crippen LogP contribution in [0.25, 0.3) is 17.1 Å². The fraction of sp³-hybridized carbons (Fsp3) is 0.222. The lowest BCUT2D eigenvalue weighted by Gasteiger charge is -2.19. The van der Waals surface area contributed by atoms with Crippen LogP contribution in [0.4, 0.5) is 0 Å². The van der Waals surface area contributed by atoms with Gasteiger partial charge in [0.05, 0.1) is 19.1 Å². The lowest BCUT2D eigenvalue weighted by atomic mass is 9.87. The smallest absolute Gasteiger partial charge is 0.250 e. The normalized spacial score (nSPS) is 11.5. The van der Waals surface area contributed by atoms with Crippen LogP contribution in [-0.2, 0) is 16.8 Å². The summed E-state index contributed by atoms with van der Waals surface area (Å²) in [5, 5.41) is 13.7. The molecule has 0 bridgehead atoms. The Morgan fingerprint density at radius 1 is 0.933 bits per heavy atom. The lowest BCUT2D eigenvalue weighted by Crippen LogP contribution is -2.20. The Morgan fingerprint density at radius 3 is 2.36 bits per heavy atom. The topological polar surface area (TPSA) is 90.6 Å². The van der Waals surface area contributed by atoms with E-state index in [0.717, 1.165) is 27.9 Å². The second kappa shape index (κ2) is 14.3. The van der Waals surface area contributed by atoms with Crippen molar-refractivity contribution in [2.24, 2.45) is 5.10 Å². The van der Waals surface area contributed by atoms with Crippen molar-refractivity contribution in [3.05, 3.63) is 119 Å². The molecule has 5 rings (SSSR count). The quantitative estimate of drug-likeness (QED) is 0.0943. The number of benzene rings is 4. The minimum atomic E-state index is -0.263. The van der Waals surface area contributed by atoms with Gasteiger partial charge in [-0.2, -0.15) is 5.10 Å². The molecule has 1 aromatic heterocycles. The maximum Gasteiger partial charge on any atom is 0.250 e. The number of nitrogens with zero attached hydrogens (tertiary/aromatic N) is 4. The Kier molecular flexibility index (Phi) is 9.99. The van der Waals surface area contributed by atoms with Gasteiger partial charge in [-0.1, -0.05) is 105 Å². The highest BCUT2D eigenvalue weighted by Crippen LogP contribution is 2.31. The van der Waals surface area contributed by atoms with Gasteiger partial charge in [0.15, 0.2) is 22.5 Å². The summed E-state index contributed by atoms with van der Waals surface area (Å²) in [6.45, 7) is 9.05. The number of nitrogens with one attached hydrogen (secondary N) is 1. The fourth-order valence-electron chi connectivity index (χ4n) is 4.56. The number of carbonyl (C=O) groups excluding carboxylic acids is 1. The minimum Gasteiger partial charge on any atom is -0.493 e. The van der Waals surface area contributed by atoms with Gasteiger partial charge in [0.2, 0.25) is 0 Å². The van der Waals surface area contributed by atoms with Crippen molar-refractivity contribution in [3.8, 4) is 28.6 Å². The first-order valence-electron chi connectivity index (χ1n) is 14.6. The molecule has 8 nitrogen and oxygen atoms in total. The van der Waals surface area contributed by atoms with E-state index in [2.05, 4.69) is 77.9 Å². The molecule has 0 fully saturated rings. The summed E-state index contributed by atoms with van der Waals surface area (Å²) in [6, 6.07) is 32.0. The third-order valence-electron chi connectivity index (χ3n) is 7.09. The van der Waals surface area contributed by atoms with E-state index in [1.54, 1.807) is 13.3 Å². The maximum absolute atomic E-state index is 12.8. The van der Waals surface area contributed by atoms with E-state index in [4.69, 9.17) is 9.47 Å². The molecule has 230 valence electrons. The fourth-order valence-corrected chi connectivity index (χ4v) is 5.30. The number of hydrogen-bond donors (Lipinski definition) is 1. The Bertz CT molecular complexity index is 1760. The van der Waals surface area contributed by atoms with Crippen molar-refractivity contribution >= 4 is 23.9 Å². The van der Waals surface area contributed by atoms with E-state index in [9.17, 15) is 4.79 Å². The molecule has 9 heteroatoms. The highest BCUT2D eigenvalue weighted by molar-refractivity contribution is 7.99. The van der Waals surface area contributed by atoms with Crippen molar-refractivity contribution in [2.75, 3.05) is 12.9 Å². The summed E-state index contributed by atoms with van der Waals surface area (Å²) in [6.07, 6.45) is 1.57. The molecule has 1 heterocycles. The van der Waals surface area contributed by atoms with Crippen LogP contribution in [0.15, 0.2) is 107 Å². The van der Waals surface area contributed by atoms with Crippen molar-refractivity contribution < 1.29 is 14.3 Å². The molecule has 45 heavy (non-hydrogen) atoms. The summed E-state index contributed by atoms with van der Waals surface area (Å²) in [7, 11) is 1.59. The highest BCUT2D eigenvalue weighted by atomic mass is 32.2. The molecule has 0 atom stereocenters. The van der Waals surface area contributed by atoms with Crippen molar-refractivity contribution in [1.29, 1.82) is 0 Å². The van der Waals surface area contributed by atoms with Crippen LogP contribution < -0.4 is 14.9 Å². The van der Waals surface area contributed by atoms with Crippen LogP contribution in [0.5, 0.6) is 11.5 Å². The van der Waals surface area contributed by atoms with E-state index in [-0.39, 0.29) is 17.1 Å². The number of hydrazone groups is 1. The molecule has 0 aliphatic rings. The van der Waals surface area contributed by atoms with Gasteiger partial charge < -0.3 is 9.47 Å². The van der Waals surface area contributed by atoms with E-state index in [1.807, 2.05) is 72.2 Å². The molecule has 0 saturated carbocycles. The van der Waals surface area contributed by atoms with Crippen molar-refractivity contribution in [1.82, 2.24) is 20.2 Å². The standard InChI is InChI=1S/C36H37N5O3S/c1-25-11-18-30(19-12-25)41-34(28-14-16-29(17-15-28)36(2,3)4)39-40-35(41)45-24-33(42)38-37-22-27-13-20-31(32(21-27)43-5)44-23-26-9-7-6-8-10-26/h6-22H,23-24H2,1-5H3,(H,38,42). The molecular weight excluding hydrogens is 582 g/mol. The van der Waals surface area contributed by atoms with E-state index in [0.29, 0.717) is 29.1 Å². The molecule has 4 aromatic carbocycles. The number of aryl methyl sites for hydroxylation is 1. The van der Waals surface area contributed by atoms with Gasteiger partial charge in [-0.05, 0) is 59.4 Å². The number of methoxy groups -OCH3 is 1. The van der Waals surface area contributed by atoms with Gasteiger partial charge in [-0.25, -0.2) is 5.43 Å². The zero-order valence-electron chi connectivity index (χ0n) is 26.2. The maximum atomic E-state index is 12.8. The van der Waals surface area contributed by atoms with Crippen molar-refractivity contribution in [2.45, 2.75) is 44.9 Å². The van der Waals surface area contributed by atoms with Crippen LogP contribution in [-0.4, -0.2) is 39.7 Å². The first-order valence-corrected chi connectivity index (χ1v) is 15.6. The van der Waals surface area contributed by atoms with Gasteiger partial charge in [0, 0.05) is 11.3 Å². The predicted molar refractivity (Wildman–Crippen MR) is 180 cm³/mol. The number of thioether (sulfide) groups is 1. The molecule has 0 aliphatic heterocycles. The highest BCUT2D eigenvalue weighted by Gasteiger charge is 2.19. The van der Waals surface area contributed by atoms with Crippen LogP contribution in [0, 0.1) is 6.92 Å². The second-order valence-corrected chi connectivity index (χ2v) is 12.5. The number of ether oxygens (including phenoxy) is 2. The molecule has 0 spiro atoms. The van der Waals surface area contributed by atoms with Gasteiger partial charge >= 0.3 is 0 Å². The summed E-state index contributed by atoms with van der Waals surface area (Å²) < 4.78 is 13.4. The molecule has 5 aromatic rings. The molecule has 1 amide bonds. The van der Waals surface area contributed by atoms with E-state index < -0.39 is 0 Å². The molecule has 0 unspecified atom stereocenters. The van der Waals surface area contributed by atoms with Crippen LogP contribution in [0.2, 0.25) is 0 Å². The second-order valence-electron chi connectivity index (χ2n) is 11.6. The van der Waals surface area contributed by atoms with Crippen LogP contribution in [0.1, 0.15) is 43.0 Å². The summed E-state index contributed by atoms with van der Waals surface area (Å²) >= 11 is 1.30. The Hall–Kier alpha value is -4.89. The van der Waals surface area contributed by atoms with E-state index >= 15 is 0 Å². The van der Waals surface area contributed by atoms with E-state index in [1.165, 1.54) is 17.3 Å². The number of hydrogen-bond acceptors (Lipinski definition) is 7. The molecule has 1 N–H and O–H groups in total.